The Labute approximate surface area is 168 Å². The van der Waals surface area contributed by atoms with Crippen molar-refractivity contribution in [1.29, 1.82) is 0 Å². The van der Waals surface area contributed by atoms with E-state index in [0.717, 1.165) is 25.2 Å². The molecule has 8 heteroatoms. The molecule has 0 saturated heterocycles. The number of rotatable bonds is 6. The van der Waals surface area contributed by atoms with Gasteiger partial charge in [0.05, 0.1) is 21.7 Å². The van der Waals surface area contributed by atoms with Gasteiger partial charge in [0.2, 0.25) is 0 Å². The minimum Gasteiger partial charge on any atom is -0.322 e. The van der Waals surface area contributed by atoms with E-state index >= 15 is 0 Å². The summed E-state index contributed by atoms with van der Waals surface area (Å²) in [6, 6.07) is 6.88. The summed E-state index contributed by atoms with van der Waals surface area (Å²) in [5.74, 6) is -0.323. The molecule has 0 atom stereocenters. The number of fused-ring (bicyclic) bond motifs is 1. The van der Waals surface area contributed by atoms with Gasteiger partial charge in [-0.3, -0.25) is 4.79 Å². The molecule has 0 bridgehead atoms. The lowest BCUT2D eigenvalue weighted by Crippen LogP contribution is -2.16. The molecule has 0 saturated carbocycles. The molecule has 1 amide bonds. The fourth-order valence-electron chi connectivity index (χ4n) is 2.86. The van der Waals surface area contributed by atoms with Gasteiger partial charge in [-0.2, -0.15) is 5.10 Å². The van der Waals surface area contributed by atoms with Crippen molar-refractivity contribution in [3.63, 3.8) is 0 Å². The lowest BCUT2D eigenvalue weighted by molar-refractivity contribution is 0.102. The van der Waals surface area contributed by atoms with Crippen molar-refractivity contribution in [2.75, 3.05) is 26.0 Å². The second-order valence-corrected chi connectivity index (χ2v) is 7.43. The van der Waals surface area contributed by atoms with Gasteiger partial charge in [-0.1, -0.05) is 23.2 Å². The molecule has 142 valence electrons. The lowest BCUT2D eigenvalue weighted by atomic mass is 10.2. The molecule has 2 aromatic heterocycles. The van der Waals surface area contributed by atoms with Crippen LogP contribution in [0, 0.1) is 6.92 Å². The number of hydrogen-bond acceptors (Lipinski definition) is 4. The average Bonchev–Trinajstić information content (AvgIpc) is 2.93. The van der Waals surface area contributed by atoms with Crippen LogP contribution in [0.1, 0.15) is 22.5 Å². The highest BCUT2D eigenvalue weighted by Crippen LogP contribution is 2.29. The number of halogens is 2. The second kappa shape index (κ2) is 8.25. The van der Waals surface area contributed by atoms with Gasteiger partial charge in [0.25, 0.3) is 5.91 Å². The summed E-state index contributed by atoms with van der Waals surface area (Å²) in [6.07, 6.45) is 2.45. The molecule has 0 aliphatic heterocycles. The first-order chi connectivity index (χ1) is 12.9. The van der Waals surface area contributed by atoms with E-state index in [2.05, 4.69) is 20.3 Å². The minimum atomic E-state index is -0.323. The van der Waals surface area contributed by atoms with Gasteiger partial charge < -0.3 is 10.2 Å². The fourth-order valence-corrected chi connectivity index (χ4v) is 3.34. The molecular weight excluding hydrogens is 385 g/mol. The highest BCUT2D eigenvalue weighted by atomic mass is 35.5. The predicted octanol–water partition coefficient (Wildman–Crippen LogP) is 4.25. The topological polar surface area (TPSA) is 63.1 Å². The zero-order valence-electron chi connectivity index (χ0n) is 15.5. The fraction of sp³-hybridized carbons (Fsp3) is 0.316. The Morgan fingerprint density at radius 3 is 2.59 bits per heavy atom. The predicted molar refractivity (Wildman–Crippen MR) is 110 cm³/mol. The molecule has 27 heavy (non-hydrogen) atoms. The number of amides is 1. The van der Waals surface area contributed by atoms with Crippen molar-refractivity contribution in [2.24, 2.45) is 0 Å². The van der Waals surface area contributed by atoms with Crippen molar-refractivity contribution < 1.29 is 4.79 Å². The van der Waals surface area contributed by atoms with Crippen molar-refractivity contribution in [3.05, 3.63) is 51.8 Å². The summed E-state index contributed by atoms with van der Waals surface area (Å²) < 4.78 is 1.85. The van der Waals surface area contributed by atoms with Gasteiger partial charge in [0.1, 0.15) is 0 Å². The van der Waals surface area contributed by atoms with E-state index in [1.807, 2.05) is 25.7 Å². The van der Waals surface area contributed by atoms with Crippen LogP contribution in [0.4, 0.5) is 5.69 Å². The molecule has 0 aliphatic rings. The zero-order chi connectivity index (χ0) is 19.6. The Kier molecular flexibility index (Phi) is 5.99. The third-order valence-electron chi connectivity index (χ3n) is 4.19. The number of nitrogens with one attached hydrogen (secondary N) is 1. The maximum absolute atomic E-state index is 12.6. The van der Waals surface area contributed by atoms with E-state index in [-0.39, 0.29) is 5.91 Å². The van der Waals surface area contributed by atoms with Gasteiger partial charge in [-0.15, -0.1) is 0 Å². The van der Waals surface area contributed by atoms with Gasteiger partial charge in [0, 0.05) is 23.5 Å². The molecule has 0 fully saturated rings. The van der Waals surface area contributed by atoms with Crippen molar-refractivity contribution >= 4 is 45.8 Å². The van der Waals surface area contributed by atoms with E-state index in [9.17, 15) is 4.79 Å². The summed E-state index contributed by atoms with van der Waals surface area (Å²) in [5, 5.41) is 9.04. The first-order valence-corrected chi connectivity index (χ1v) is 9.35. The van der Waals surface area contributed by atoms with Gasteiger partial charge >= 0.3 is 0 Å². The molecule has 0 radical (unpaired) electrons. The Bertz CT molecular complexity index is 966. The number of aromatic nitrogens is 3. The second-order valence-electron chi connectivity index (χ2n) is 6.61. The first kappa shape index (κ1) is 19.6. The number of anilines is 1. The molecule has 0 aliphatic carbocycles. The maximum Gasteiger partial charge on any atom is 0.258 e. The minimum absolute atomic E-state index is 0.315. The normalized spacial score (nSPS) is 11.3. The van der Waals surface area contributed by atoms with Crippen LogP contribution in [0.2, 0.25) is 10.0 Å². The van der Waals surface area contributed by atoms with Gasteiger partial charge in [-0.05, 0) is 58.3 Å². The smallest absolute Gasteiger partial charge is 0.258 e. The molecular formula is C19H21Cl2N5O. The summed E-state index contributed by atoms with van der Waals surface area (Å²) >= 11 is 12.4. The number of hydrogen-bond donors (Lipinski definition) is 1. The van der Waals surface area contributed by atoms with Crippen molar-refractivity contribution in [1.82, 2.24) is 19.7 Å². The summed E-state index contributed by atoms with van der Waals surface area (Å²) in [6.45, 7) is 3.57. The lowest BCUT2D eigenvalue weighted by Gasteiger charge is -2.10. The number of benzene rings is 1. The third-order valence-corrected chi connectivity index (χ3v) is 4.84. The standard InChI is InChI=1S/C19H21Cl2N5O/c1-12-16-17(21)15(19(27)23-14-7-5-13(20)6-8-14)11-22-18(16)26(24-12)10-4-9-25(2)3/h5-8,11H,4,9-10H2,1-3H3,(H,23,27). The van der Waals surface area contributed by atoms with Crippen LogP contribution in [0.25, 0.3) is 11.0 Å². The SMILES string of the molecule is Cc1nn(CCCN(C)C)c2ncc(C(=O)Nc3ccc(Cl)cc3)c(Cl)c12. The highest BCUT2D eigenvalue weighted by molar-refractivity contribution is 6.39. The Hall–Kier alpha value is -2.15. The molecule has 0 unspecified atom stereocenters. The summed E-state index contributed by atoms with van der Waals surface area (Å²) in [7, 11) is 4.07. The van der Waals surface area contributed by atoms with Crippen LogP contribution in [0.3, 0.4) is 0 Å². The van der Waals surface area contributed by atoms with E-state index in [1.54, 1.807) is 24.3 Å². The largest absolute Gasteiger partial charge is 0.322 e. The number of carbonyl (C=O) groups is 1. The number of carbonyl (C=O) groups excluding carboxylic acids is 1. The molecule has 2 heterocycles. The molecule has 1 N–H and O–H groups in total. The van der Waals surface area contributed by atoms with Gasteiger partial charge in [-0.25, -0.2) is 9.67 Å². The van der Waals surface area contributed by atoms with Gasteiger partial charge in [0.15, 0.2) is 5.65 Å². The summed E-state index contributed by atoms with van der Waals surface area (Å²) in [4.78, 5) is 19.2. The van der Waals surface area contributed by atoms with Crippen molar-refractivity contribution in [2.45, 2.75) is 19.9 Å². The van der Waals surface area contributed by atoms with Crippen LogP contribution in [0.15, 0.2) is 30.5 Å². The highest BCUT2D eigenvalue weighted by Gasteiger charge is 2.19. The van der Waals surface area contributed by atoms with Crippen LogP contribution in [-0.4, -0.2) is 46.2 Å². The Balaban J connectivity index is 1.87. The van der Waals surface area contributed by atoms with Crippen LogP contribution < -0.4 is 5.32 Å². The number of aryl methyl sites for hydroxylation is 2. The van der Waals surface area contributed by atoms with Crippen molar-refractivity contribution in [3.8, 4) is 0 Å². The number of nitrogens with zero attached hydrogens (tertiary/aromatic N) is 4. The van der Waals surface area contributed by atoms with Crippen LogP contribution in [-0.2, 0) is 6.54 Å². The maximum atomic E-state index is 12.6. The Morgan fingerprint density at radius 1 is 1.22 bits per heavy atom. The first-order valence-electron chi connectivity index (χ1n) is 8.60. The van der Waals surface area contributed by atoms with Crippen LogP contribution >= 0.6 is 23.2 Å². The quantitative estimate of drug-likeness (QED) is 0.665. The third kappa shape index (κ3) is 4.40. The molecule has 3 rings (SSSR count). The summed E-state index contributed by atoms with van der Waals surface area (Å²) in [5.41, 5.74) is 2.40. The van der Waals surface area contributed by atoms with E-state index in [1.165, 1.54) is 6.20 Å². The monoisotopic (exact) mass is 405 g/mol. The van der Waals surface area contributed by atoms with E-state index in [0.29, 0.717) is 32.3 Å². The molecule has 6 nitrogen and oxygen atoms in total. The molecule has 0 spiro atoms. The number of pyridine rings is 1. The average molecular weight is 406 g/mol. The molecule has 1 aromatic carbocycles. The molecule has 3 aromatic rings. The van der Waals surface area contributed by atoms with E-state index in [4.69, 9.17) is 23.2 Å². The Morgan fingerprint density at radius 2 is 1.93 bits per heavy atom. The van der Waals surface area contributed by atoms with E-state index < -0.39 is 0 Å². The van der Waals surface area contributed by atoms with Crippen LogP contribution in [0.5, 0.6) is 0 Å². The zero-order valence-corrected chi connectivity index (χ0v) is 17.0.